The number of rotatable bonds is 3. The largest absolute Gasteiger partial charge is 0.510 e. The number of hydrogen-bond acceptors (Lipinski definition) is 8. The van der Waals surface area contributed by atoms with Gasteiger partial charge in [0.05, 0.1) is 28.8 Å². The van der Waals surface area contributed by atoms with Gasteiger partial charge in [-0.2, -0.15) is 5.26 Å². The van der Waals surface area contributed by atoms with E-state index in [9.17, 15) is 30.0 Å². The predicted octanol–water partition coefficient (Wildman–Crippen LogP) is 2.48. The van der Waals surface area contributed by atoms with Crippen molar-refractivity contribution in [2.24, 2.45) is 17.6 Å². The molecule has 0 aliphatic heterocycles. The van der Waals surface area contributed by atoms with E-state index in [1.807, 2.05) is 0 Å². The van der Waals surface area contributed by atoms with Crippen molar-refractivity contribution in [3.8, 4) is 22.9 Å². The number of aliphatic hydroxyl groups is 3. The molecule has 4 unspecified atom stereocenters. The number of nitrogens with zero attached hydrogens (tertiary/aromatic N) is 2. The smallest absolute Gasteiger partial charge is 0.248 e. The van der Waals surface area contributed by atoms with E-state index in [-0.39, 0.29) is 34.6 Å². The number of carbonyl (C=O) groups excluding carboxylic acids is 2. The lowest BCUT2D eigenvalue weighted by atomic mass is 9.59. The molecule has 2 aromatic rings. The Morgan fingerprint density at radius 1 is 1.14 bits per heavy atom. The van der Waals surface area contributed by atoms with Crippen molar-refractivity contribution < 1.29 is 30.0 Å². The first-order chi connectivity index (χ1) is 17.5. The minimum Gasteiger partial charge on any atom is -0.510 e. The molecule has 6 N–H and O–H groups in total. The molecule has 9 heteroatoms. The average molecular weight is 502 g/mol. The van der Waals surface area contributed by atoms with Crippen molar-refractivity contribution >= 4 is 11.7 Å². The van der Waals surface area contributed by atoms with E-state index in [1.165, 1.54) is 6.07 Å². The third kappa shape index (κ3) is 3.52. The number of likely N-dealkylation sites (N-methyl/N-ethyl adjacent to an activating group) is 1. The van der Waals surface area contributed by atoms with Gasteiger partial charge in [0.1, 0.15) is 22.9 Å². The van der Waals surface area contributed by atoms with Crippen LogP contribution in [0.1, 0.15) is 34.3 Å². The highest BCUT2D eigenvalue weighted by Crippen LogP contribution is 2.54. The first kappa shape index (κ1) is 24.6. The number of phenols is 1. The summed E-state index contributed by atoms with van der Waals surface area (Å²) in [7, 11) is 3.37. The second kappa shape index (κ2) is 8.47. The number of amides is 1. The predicted molar refractivity (Wildman–Crippen MR) is 133 cm³/mol. The standard InChI is InChI=1S/C28H27N3O6/c1-31(2)23-19-10-15-9-17-16(14-5-3-13(12-29)4-6-14)7-8-20(32)22(17)25(34)21(15)26(35)28(19,37)11-18(24(23)33)27(30)36/h3-8,15,19,23,32-33,35,37H,9-11H2,1-2H3,(H2,30,36). The minimum absolute atomic E-state index is 0.00115. The normalized spacial score (nSPS) is 26.9. The number of phenolic OH excluding ortho intramolecular Hbond substituents is 1. The summed E-state index contributed by atoms with van der Waals surface area (Å²) in [6.45, 7) is 0. The fraction of sp³-hybridized carbons (Fsp3) is 0.321. The first-order valence-electron chi connectivity index (χ1n) is 11.9. The summed E-state index contributed by atoms with van der Waals surface area (Å²) in [6.07, 6.45) is 0.106. The maximum absolute atomic E-state index is 13.8. The maximum atomic E-state index is 13.8. The second-order valence-electron chi connectivity index (χ2n) is 10.2. The molecule has 0 fully saturated rings. The van der Waals surface area contributed by atoms with Crippen molar-refractivity contribution in [2.45, 2.75) is 30.9 Å². The van der Waals surface area contributed by atoms with Gasteiger partial charge in [0.25, 0.3) is 0 Å². The number of hydrogen-bond donors (Lipinski definition) is 5. The van der Waals surface area contributed by atoms with Gasteiger partial charge in [-0.15, -0.1) is 0 Å². The number of ketones is 1. The van der Waals surface area contributed by atoms with E-state index in [0.29, 0.717) is 17.5 Å². The zero-order chi connectivity index (χ0) is 26.8. The fourth-order valence-corrected chi connectivity index (χ4v) is 6.33. The van der Waals surface area contributed by atoms with Gasteiger partial charge in [-0.3, -0.25) is 14.5 Å². The Hall–Kier alpha value is -4.13. The topological polar surface area (TPSA) is 168 Å². The lowest BCUT2D eigenvalue weighted by Crippen LogP contribution is -2.59. The fourth-order valence-electron chi connectivity index (χ4n) is 6.33. The van der Waals surface area contributed by atoms with E-state index < -0.39 is 47.3 Å². The number of nitrogens with two attached hydrogens (primary N) is 1. The van der Waals surface area contributed by atoms with Crippen LogP contribution in [0.3, 0.4) is 0 Å². The highest BCUT2D eigenvalue weighted by atomic mass is 16.3. The van der Waals surface area contributed by atoms with Gasteiger partial charge in [0.2, 0.25) is 5.91 Å². The van der Waals surface area contributed by atoms with Crippen LogP contribution in [0.2, 0.25) is 0 Å². The zero-order valence-corrected chi connectivity index (χ0v) is 20.4. The van der Waals surface area contributed by atoms with Crippen LogP contribution in [0, 0.1) is 23.2 Å². The highest BCUT2D eigenvalue weighted by molar-refractivity contribution is 6.14. The molecular formula is C28H27N3O6. The number of fused-ring (bicyclic) bond motifs is 3. The minimum atomic E-state index is -2.00. The van der Waals surface area contributed by atoms with Crippen LogP contribution in [-0.4, -0.2) is 62.8 Å². The number of benzene rings is 2. The summed E-state index contributed by atoms with van der Waals surface area (Å²) in [5.41, 5.74) is 5.92. The Labute approximate surface area is 213 Å². The van der Waals surface area contributed by atoms with Crippen LogP contribution in [0.25, 0.3) is 11.1 Å². The molecule has 1 amide bonds. The van der Waals surface area contributed by atoms with Crippen molar-refractivity contribution in [1.82, 2.24) is 4.90 Å². The van der Waals surface area contributed by atoms with Crippen molar-refractivity contribution in [1.29, 1.82) is 5.26 Å². The van der Waals surface area contributed by atoms with E-state index in [1.54, 1.807) is 49.3 Å². The van der Waals surface area contributed by atoms with Crippen LogP contribution >= 0.6 is 0 Å². The molecular weight excluding hydrogens is 474 g/mol. The SMILES string of the molecule is CN(C)C1C(O)=C(C(N)=O)CC2(O)C(O)=C3C(=O)c4c(O)ccc(-c5ccc(C#N)cc5)c4CC3CC12. The molecule has 0 aromatic heterocycles. The molecule has 0 bridgehead atoms. The van der Waals surface area contributed by atoms with Crippen LogP contribution in [0.4, 0.5) is 0 Å². The Bertz CT molecular complexity index is 1450. The summed E-state index contributed by atoms with van der Waals surface area (Å²) < 4.78 is 0. The van der Waals surface area contributed by atoms with Crippen LogP contribution in [0.15, 0.2) is 59.1 Å². The number of nitriles is 1. The monoisotopic (exact) mass is 501 g/mol. The Morgan fingerprint density at radius 3 is 2.41 bits per heavy atom. The highest BCUT2D eigenvalue weighted by Gasteiger charge is 2.58. The van der Waals surface area contributed by atoms with Crippen LogP contribution in [0.5, 0.6) is 5.75 Å². The molecule has 9 nitrogen and oxygen atoms in total. The number of carbonyl (C=O) groups is 2. The molecule has 0 saturated heterocycles. The molecule has 4 atom stereocenters. The summed E-state index contributed by atoms with van der Waals surface area (Å²) in [5, 5.41) is 53.8. The van der Waals surface area contributed by atoms with Crippen molar-refractivity contribution in [3.63, 3.8) is 0 Å². The summed E-state index contributed by atoms with van der Waals surface area (Å²) in [5.74, 6) is -3.78. The van der Waals surface area contributed by atoms with Gasteiger partial charge in [0, 0.05) is 17.9 Å². The van der Waals surface area contributed by atoms with Gasteiger partial charge in [-0.25, -0.2) is 0 Å². The molecule has 3 aliphatic carbocycles. The molecule has 2 aromatic carbocycles. The number of Topliss-reactive ketones (excluding diaryl/α,β-unsaturated/α-hetero) is 1. The number of aromatic hydroxyl groups is 1. The average Bonchev–Trinajstić information content (AvgIpc) is 2.85. The Balaban J connectivity index is 1.68. The first-order valence-corrected chi connectivity index (χ1v) is 11.9. The number of primary amides is 1. The van der Waals surface area contributed by atoms with E-state index in [2.05, 4.69) is 6.07 Å². The van der Waals surface area contributed by atoms with Crippen molar-refractivity contribution in [3.05, 3.63) is 75.8 Å². The summed E-state index contributed by atoms with van der Waals surface area (Å²) >= 11 is 0. The van der Waals surface area contributed by atoms with Crippen LogP contribution < -0.4 is 5.73 Å². The lowest BCUT2D eigenvalue weighted by molar-refractivity contribution is -0.118. The molecule has 190 valence electrons. The van der Waals surface area contributed by atoms with Gasteiger partial charge < -0.3 is 26.2 Å². The molecule has 0 radical (unpaired) electrons. The quantitative estimate of drug-likeness (QED) is 0.427. The van der Waals surface area contributed by atoms with Gasteiger partial charge in [-0.1, -0.05) is 18.2 Å². The second-order valence-corrected chi connectivity index (χ2v) is 10.2. The molecule has 3 aliphatic rings. The number of aliphatic hydroxyl groups excluding tert-OH is 2. The van der Waals surface area contributed by atoms with Gasteiger partial charge in [0.15, 0.2) is 5.78 Å². The van der Waals surface area contributed by atoms with Gasteiger partial charge in [-0.05, 0) is 67.7 Å². The van der Waals surface area contributed by atoms with E-state index in [4.69, 9.17) is 11.0 Å². The van der Waals surface area contributed by atoms with Crippen molar-refractivity contribution in [2.75, 3.05) is 14.1 Å². The zero-order valence-electron chi connectivity index (χ0n) is 20.4. The molecule has 0 heterocycles. The number of allylic oxidation sites excluding steroid dienone is 1. The molecule has 0 saturated carbocycles. The van der Waals surface area contributed by atoms with E-state index in [0.717, 1.165) is 11.1 Å². The van der Waals surface area contributed by atoms with Gasteiger partial charge >= 0.3 is 0 Å². The molecule has 0 spiro atoms. The third-order valence-electron chi connectivity index (χ3n) is 8.03. The Morgan fingerprint density at radius 2 is 1.81 bits per heavy atom. The van der Waals surface area contributed by atoms with E-state index >= 15 is 0 Å². The Kier molecular flexibility index (Phi) is 5.62. The molecule has 5 rings (SSSR count). The molecule has 37 heavy (non-hydrogen) atoms. The summed E-state index contributed by atoms with van der Waals surface area (Å²) in [4.78, 5) is 27.5. The third-order valence-corrected chi connectivity index (χ3v) is 8.03. The summed E-state index contributed by atoms with van der Waals surface area (Å²) in [6, 6.07) is 11.3. The van der Waals surface area contributed by atoms with Crippen LogP contribution in [-0.2, 0) is 11.2 Å². The lowest BCUT2D eigenvalue weighted by Gasteiger charge is -2.51. The maximum Gasteiger partial charge on any atom is 0.248 e.